The third-order valence-electron chi connectivity index (χ3n) is 2.95. The van der Waals surface area contributed by atoms with Gasteiger partial charge in [-0.15, -0.1) is 13.2 Å². The fourth-order valence-corrected chi connectivity index (χ4v) is 1.99. The zero-order valence-corrected chi connectivity index (χ0v) is 10.7. The van der Waals surface area contributed by atoms with E-state index in [1.165, 1.54) is 30.3 Å². The fourth-order valence-electron chi connectivity index (χ4n) is 1.99. The molecule has 1 aromatic rings. The molecule has 1 amide bonds. The molecule has 1 aliphatic rings. The molecule has 0 radical (unpaired) electrons. The van der Waals surface area contributed by atoms with Crippen molar-refractivity contribution in [3.8, 4) is 5.75 Å². The second-order valence-electron chi connectivity index (χ2n) is 4.48. The van der Waals surface area contributed by atoms with Crippen molar-refractivity contribution in [3.63, 3.8) is 0 Å². The van der Waals surface area contributed by atoms with E-state index in [2.05, 4.69) is 4.74 Å². The van der Waals surface area contributed by atoms with Gasteiger partial charge in [-0.2, -0.15) is 0 Å². The van der Waals surface area contributed by atoms with Crippen LogP contribution in [0.2, 0.25) is 0 Å². The van der Waals surface area contributed by atoms with Gasteiger partial charge in [-0.05, 0) is 36.6 Å². The van der Waals surface area contributed by atoms with E-state index in [1.807, 2.05) is 0 Å². The van der Waals surface area contributed by atoms with Crippen LogP contribution in [0.3, 0.4) is 0 Å². The van der Waals surface area contributed by atoms with Crippen molar-refractivity contribution in [2.75, 3.05) is 13.1 Å². The number of amides is 1. The molecular weight excluding hydrogens is 271 g/mol. The van der Waals surface area contributed by atoms with Crippen molar-refractivity contribution in [2.45, 2.75) is 19.2 Å². The number of carbonyl (C=O) groups excluding carboxylic acids is 1. The number of hydrogen-bond acceptors (Lipinski definition) is 2. The van der Waals surface area contributed by atoms with Gasteiger partial charge in [0.1, 0.15) is 5.75 Å². The van der Waals surface area contributed by atoms with Crippen molar-refractivity contribution in [1.29, 1.82) is 0 Å². The molecule has 0 atom stereocenters. The van der Waals surface area contributed by atoms with Crippen LogP contribution in [-0.2, 0) is 4.79 Å². The summed E-state index contributed by atoms with van der Waals surface area (Å²) in [5.41, 5.74) is 0.645. The molecule has 3 nitrogen and oxygen atoms in total. The van der Waals surface area contributed by atoms with Gasteiger partial charge in [0.05, 0.1) is 0 Å². The number of rotatable bonds is 3. The normalized spacial score (nSPS) is 15.8. The minimum absolute atomic E-state index is 0.0712. The topological polar surface area (TPSA) is 29.5 Å². The number of nitrogens with zero attached hydrogens (tertiary/aromatic N) is 1. The van der Waals surface area contributed by atoms with Crippen molar-refractivity contribution >= 4 is 12.0 Å². The largest absolute Gasteiger partial charge is 0.573 e. The van der Waals surface area contributed by atoms with Crippen LogP contribution in [0, 0.1) is 0 Å². The van der Waals surface area contributed by atoms with Crippen LogP contribution in [0.5, 0.6) is 5.75 Å². The van der Waals surface area contributed by atoms with Gasteiger partial charge in [0.25, 0.3) is 0 Å². The van der Waals surface area contributed by atoms with Gasteiger partial charge in [0.15, 0.2) is 0 Å². The first-order valence-corrected chi connectivity index (χ1v) is 6.27. The quantitative estimate of drug-likeness (QED) is 0.798. The van der Waals surface area contributed by atoms with E-state index < -0.39 is 6.36 Å². The van der Waals surface area contributed by atoms with E-state index in [4.69, 9.17) is 0 Å². The monoisotopic (exact) mass is 285 g/mol. The predicted octanol–water partition coefficient (Wildman–Crippen LogP) is 3.22. The van der Waals surface area contributed by atoms with Crippen molar-refractivity contribution in [1.82, 2.24) is 4.90 Å². The molecule has 1 aliphatic heterocycles. The zero-order chi connectivity index (χ0) is 14.6. The van der Waals surface area contributed by atoms with E-state index in [-0.39, 0.29) is 11.7 Å². The minimum Gasteiger partial charge on any atom is -0.406 e. The lowest BCUT2D eigenvalue weighted by molar-refractivity contribution is -0.274. The Kier molecular flexibility index (Phi) is 4.32. The first kappa shape index (κ1) is 14.4. The van der Waals surface area contributed by atoms with Gasteiger partial charge < -0.3 is 9.64 Å². The molecule has 0 N–H and O–H groups in total. The molecule has 0 spiro atoms. The van der Waals surface area contributed by atoms with Gasteiger partial charge in [-0.25, -0.2) is 0 Å². The molecule has 0 aliphatic carbocycles. The molecule has 0 unspecified atom stereocenters. The second-order valence-corrected chi connectivity index (χ2v) is 4.48. The SMILES string of the molecule is O=C(/C=C/c1ccc(OC(F)(F)F)cc1)N1CCCC1. The van der Waals surface area contributed by atoms with Crippen LogP contribution in [0.1, 0.15) is 18.4 Å². The third kappa shape index (κ3) is 4.29. The molecule has 108 valence electrons. The second kappa shape index (κ2) is 5.98. The van der Waals surface area contributed by atoms with Crippen LogP contribution in [-0.4, -0.2) is 30.3 Å². The summed E-state index contributed by atoms with van der Waals surface area (Å²) in [5, 5.41) is 0. The molecule has 0 saturated carbocycles. The summed E-state index contributed by atoms with van der Waals surface area (Å²) in [6, 6.07) is 5.37. The zero-order valence-electron chi connectivity index (χ0n) is 10.7. The first-order chi connectivity index (χ1) is 9.44. The standard InChI is InChI=1S/C14H14F3NO2/c15-14(16,17)20-12-6-3-11(4-7-12)5-8-13(19)18-9-1-2-10-18/h3-8H,1-2,9-10H2/b8-5+. The van der Waals surface area contributed by atoms with E-state index in [9.17, 15) is 18.0 Å². The highest BCUT2D eigenvalue weighted by Crippen LogP contribution is 2.23. The number of ether oxygens (including phenoxy) is 1. The van der Waals surface area contributed by atoms with Crippen LogP contribution >= 0.6 is 0 Å². The summed E-state index contributed by atoms with van der Waals surface area (Å²) in [4.78, 5) is 13.5. The molecule has 1 heterocycles. The number of benzene rings is 1. The summed E-state index contributed by atoms with van der Waals surface area (Å²) >= 11 is 0. The Morgan fingerprint density at radius 1 is 1.15 bits per heavy atom. The van der Waals surface area contributed by atoms with E-state index in [1.54, 1.807) is 11.0 Å². The van der Waals surface area contributed by atoms with Gasteiger partial charge in [-0.1, -0.05) is 12.1 Å². The molecule has 2 rings (SSSR count). The number of alkyl halides is 3. The summed E-state index contributed by atoms with van der Waals surface area (Å²) in [5.74, 6) is -0.348. The predicted molar refractivity (Wildman–Crippen MR) is 68.0 cm³/mol. The summed E-state index contributed by atoms with van der Waals surface area (Å²) in [7, 11) is 0. The maximum Gasteiger partial charge on any atom is 0.573 e. The van der Waals surface area contributed by atoms with Crippen LogP contribution in [0.25, 0.3) is 6.08 Å². The number of carbonyl (C=O) groups is 1. The van der Waals surface area contributed by atoms with Crippen LogP contribution in [0.4, 0.5) is 13.2 Å². The molecule has 1 saturated heterocycles. The maximum absolute atomic E-state index is 12.0. The highest BCUT2D eigenvalue weighted by molar-refractivity contribution is 5.91. The van der Waals surface area contributed by atoms with Gasteiger partial charge in [0, 0.05) is 19.2 Å². The Morgan fingerprint density at radius 3 is 2.30 bits per heavy atom. The lowest BCUT2D eigenvalue weighted by Gasteiger charge is -2.11. The van der Waals surface area contributed by atoms with Crippen LogP contribution in [0.15, 0.2) is 30.3 Å². The maximum atomic E-state index is 12.0. The average Bonchev–Trinajstić information content (AvgIpc) is 2.89. The molecule has 20 heavy (non-hydrogen) atoms. The smallest absolute Gasteiger partial charge is 0.406 e. The molecule has 0 aromatic heterocycles. The Hall–Kier alpha value is -1.98. The third-order valence-corrected chi connectivity index (χ3v) is 2.95. The minimum atomic E-state index is -4.69. The van der Waals surface area contributed by atoms with Crippen molar-refractivity contribution < 1.29 is 22.7 Å². The van der Waals surface area contributed by atoms with Crippen LogP contribution < -0.4 is 4.74 Å². The van der Waals surface area contributed by atoms with E-state index in [0.717, 1.165) is 25.9 Å². The summed E-state index contributed by atoms with van der Waals surface area (Å²) in [6.07, 6.45) is 0.359. The number of halogens is 3. The molecular formula is C14H14F3NO2. The Balaban J connectivity index is 1.94. The Bertz CT molecular complexity index is 488. The highest BCUT2D eigenvalue weighted by atomic mass is 19.4. The Morgan fingerprint density at radius 2 is 1.75 bits per heavy atom. The average molecular weight is 285 g/mol. The fraction of sp³-hybridized carbons (Fsp3) is 0.357. The van der Waals surface area contributed by atoms with Crippen molar-refractivity contribution in [3.05, 3.63) is 35.9 Å². The number of likely N-dealkylation sites (tertiary alicyclic amines) is 1. The van der Waals surface area contributed by atoms with E-state index in [0.29, 0.717) is 5.56 Å². The van der Waals surface area contributed by atoms with E-state index >= 15 is 0 Å². The molecule has 1 aromatic carbocycles. The molecule has 6 heteroatoms. The number of hydrogen-bond donors (Lipinski definition) is 0. The Labute approximate surface area is 114 Å². The highest BCUT2D eigenvalue weighted by Gasteiger charge is 2.30. The first-order valence-electron chi connectivity index (χ1n) is 6.27. The summed E-state index contributed by atoms with van der Waals surface area (Å²) in [6.45, 7) is 1.53. The molecule has 1 fully saturated rings. The van der Waals surface area contributed by atoms with Gasteiger partial charge in [0.2, 0.25) is 5.91 Å². The lowest BCUT2D eigenvalue weighted by atomic mass is 10.2. The van der Waals surface area contributed by atoms with Gasteiger partial charge >= 0.3 is 6.36 Å². The lowest BCUT2D eigenvalue weighted by Crippen LogP contribution is -2.25. The molecule has 0 bridgehead atoms. The summed E-state index contributed by atoms with van der Waals surface area (Å²) < 4.78 is 39.7. The van der Waals surface area contributed by atoms with Gasteiger partial charge in [-0.3, -0.25) is 4.79 Å². The van der Waals surface area contributed by atoms with Crippen molar-refractivity contribution in [2.24, 2.45) is 0 Å².